The van der Waals surface area contributed by atoms with Gasteiger partial charge >= 0.3 is 5.97 Å². The van der Waals surface area contributed by atoms with Gasteiger partial charge in [0.25, 0.3) is 5.91 Å². The van der Waals surface area contributed by atoms with Gasteiger partial charge in [0, 0.05) is 29.6 Å². The van der Waals surface area contributed by atoms with Crippen molar-refractivity contribution in [3.8, 4) is 16.6 Å². The molecule has 0 saturated heterocycles. The van der Waals surface area contributed by atoms with Crippen LogP contribution >= 0.6 is 22.9 Å². The number of hydrogen-bond donors (Lipinski definition) is 0. The van der Waals surface area contributed by atoms with Crippen molar-refractivity contribution in [1.29, 1.82) is 5.26 Å². The highest BCUT2D eigenvalue weighted by Crippen LogP contribution is 2.26. The molecule has 1 amide bonds. The number of nitriles is 1. The van der Waals surface area contributed by atoms with E-state index in [1.807, 2.05) is 12.1 Å². The molecule has 8 heteroatoms. The average Bonchev–Trinajstić information content (AvgIpc) is 3.09. The van der Waals surface area contributed by atoms with E-state index in [0.29, 0.717) is 10.0 Å². The van der Waals surface area contributed by atoms with Gasteiger partial charge < -0.3 is 9.64 Å². The predicted molar refractivity (Wildman–Crippen MR) is 95.3 cm³/mol. The summed E-state index contributed by atoms with van der Waals surface area (Å²) in [6.07, 6.45) is -0.731. The third-order valence-corrected chi connectivity index (χ3v) is 4.48. The van der Waals surface area contributed by atoms with Crippen molar-refractivity contribution >= 4 is 34.8 Å². The van der Waals surface area contributed by atoms with Crippen LogP contribution in [0.5, 0.6) is 0 Å². The van der Waals surface area contributed by atoms with Crippen LogP contribution < -0.4 is 0 Å². The average molecular weight is 378 g/mol. The summed E-state index contributed by atoms with van der Waals surface area (Å²) in [5.74, 6) is -1.03. The molecule has 1 aromatic carbocycles. The Morgan fingerprint density at radius 3 is 2.92 bits per heavy atom. The molecule has 1 aromatic heterocycles. The number of ether oxygens (including phenoxy) is 1. The second-order valence-electron chi connectivity index (χ2n) is 5.26. The SMILES string of the molecule is C[C@H](OC(=O)c1csc(-c2cccc(Cl)c2)n1)C(=O)N(C)CCC#N. The summed E-state index contributed by atoms with van der Waals surface area (Å²) < 4.78 is 5.18. The topological polar surface area (TPSA) is 83.3 Å². The molecule has 0 saturated carbocycles. The third kappa shape index (κ3) is 5.02. The van der Waals surface area contributed by atoms with Crippen molar-refractivity contribution in [2.24, 2.45) is 0 Å². The van der Waals surface area contributed by atoms with Crippen molar-refractivity contribution in [2.75, 3.05) is 13.6 Å². The maximum absolute atomic E-state index is 12.2. The highest BCUT2D eigenvalue weighted by atomic mass is 35.5. The van der Waals surface area contributed by atoms with Crippen molar-refractivity contribution in [2.45, 2.75) is 19.4 Å². The van der Waals surface area contributed by atoms with Crippen LogP contribution in [0, 0.1) is 11.3 Å². The Bertz CT molecular complexity index is 815. The minimum atomic E-state index is -0.951. The van der Waals surface area contributed by atoms with Gasteiger partial charge in [-0.05, 0) is 19.1 Å². The standard InChI is InChI=1S/C17H16ClN3O3S/c1-11(16(22)21(2)8-4-7-19)24-17(23)14-10-25-15(20-14)12-5-3-6-13(18)9-12/h3,5-6,9-11H,4,8H2,1-2H3/t11-/m0/s1. The maximum Gasteiger partial charge on any atom is 0.358 e. The first kappa shape index (κ1) is 18.9. The zero-order valence-corrected chi connectivity index (χ0v) is 15.3. The second kappa shape index (κ2) is 8.60. The van der Waals surface area contributed by atoms with E-state index in [4.69, 9.17) is 21.6 Å². The summed E-state index contributed by atoms with van der Waals surface area (Å²) in [6.45, 7) is 1.78. The molecule has 0 fully saturated rings. The Labute approximate surface area is 154 Å². The fraction of sp³-hybridized carbons (Fsp3) is 0.294. The predicted octanol–water partition coefficient (Wildman–Crippen LogP) is 3.38. The van der Waals surface area contributed by atoms with E-state index in [0.717, 1.165) is 5.56 Å². The van der Waals surface area contributed by atoms with E-state index in [1.165, 1.54) is 23.2 Å². The minimum Gasteiger partial charge on any atom is -0.448 e. The lowest BCUT2D eigenvalue weighted by Crippen LogP contribution is -2.37. The monoisotopic (exact) mass is 377 g/mol. The summed E-state index contributed by atoms with van der Waals surface area (Å²) in [5, 5.41) is 11.4. The summed E-state index contributed by atoms with van der Waals surface area (Å²) in [5.41, 5.74) is 0.941. The Balaban J connectivity index is 2.02. The molecule has 0 bridgehead atoms. The molecule has 0 radical (unpaired) electrons. The Hall–Kier alpha value is -2.43. The molecule has 130 valence electrons. The molecule has 0 spiro atoms. The fourth-order valence-corrected chi connectivity index (χ4v) is 3.01. The number of hydrogen-bond acceptors (Lipinski definition) is 6. The molecule has 0 aliphatic heterocycles. The lowest BCUT2D eigenvalue weighted by Gasteiger charge is -2.20. The zero-order valence-electron chi connectivity index (χ0n) is 13.7. The van der Waals surface area contributed by atoms with Gasteiger partial charge in [-0.3, -0.25) is 4.79 Å². The minimum absolute atomic E-state index is 0.138. The molecule has 1 atom stereocenters. The molecule has 2 aromatic rings. The van der Waals surface area contributed by atoms with Crippen molar-refractivity contribution in [3.63, 3.8) is 0 Å². The van der Waals surface area contributed by atoms with E-state index in [2.05, 4.69) is 4.98 Å². The number of carbonyl (C=O) groups excluding carboxylic acids is 2. The number of thiazole rings is 1. The number of benzene rings is 1. The number of amides is 1. The van der Waals surface area contributed by atoms with Crippen LogP contribution in [-0.2, 0) is 9.53 Å². The highest BCUT2D eigenvalue weighted by molar-refractivity contribution is 7.13. The molecule has 0 aliphatic rings. The first-order chi connectivity index (χ1) is 11.9. The molecule has 0 aliphatic carbocycles. The Morgan fingerprint density at radius 1 is 1.48 bits per heavy atom. The Kier molecular flexibility index (Phi) is 6.51. The van der Waals surface area contributed by atoms with E-state index in [9.17, 15) is 9.59 Å². The first-order valence-electron chi connectivity index (χ1n) is 7.46. The van der Waals surface area contributed by atoms with E-state index < -0.39 is 12.1 Å². The van der Waals surface area contributed by atoms with E-state index in [-0.39, 0.29) is 24.6 Å². The van der Waals surface area contributed by atoms with Gasteiger partial charge in [-0.2, -0.15) is 5.26 Å². The van der Waals surface area contributed by atoms with Gasteiger partial charge in [0.05, 0.1) is 12.5 Å². The molecule has 0 unspecified atom stereocenters. The van der Waals surface area contributed by atoms with Crippen LogP contribution in [-0.4, -0.2) is 41.5 Å². The van der Waals surface area contributed by atoms with Gasteiger partial charge in [0.1, 0.15) is 5.01 Å². The molecule has 6 nitrogen and oxygen atoms in total. The lowest BCUT2D eigenvalue weighted by molar-refractivity contribution is -0.138. The van der Waals surface area contributed by atoms with Gasteiger partial charge in [-0.25, -0.2) is 9.78 Å². The molecular weight excluding hydrogens is 362 g/mol. The quantitative estimate of drug-likeness (QED) is 0.720. The van der Waals surface area contributed by atoms with Crippen LogP contribution in [0.25, 0.3) is 10.6 Å². The number of likely N-dealkylation sites (N-methyl/N-ethyl adjacent to an activating group) is 1. The van der Waals surface area contributed by atoms with E-state index >= 15 is 0 Å². The van der Waals surface area contributed by atoms with Gasteiger partial charge in [-0.15, -0.1) is 11.3 Å². The summed E-state index contributed by atoms with van der Waals surface area (Å²) in [7, 11) is 1.56. The van der Waals surface area contributed by atoms with Gasteiger partial charge in [-0.1, -0.05) is 23.7 Å². The number of aromatic nitrogens is 1. The fourth-order valence-electron chi connectivity index (χ4n) is 2.03. The maximum atomic E-state index is 12.2. The van der Waals surface area contributed by atoms with Gasteiger partial charge in [0.2, 0.25) is 0 Å². The van der Waals surface area contributed by atoms with Gasteiger partial charge in [0.15, 0.2) is 11.8 Å². The molecular formula is C17H16ClN3O3S. The first-order valence-corrected chi connectivity index (χ1v) is 8.72. The second-order valence-corrected chi connectivity index (χ2v) is 6.56. The van der Waals surface area contributed by atoms with Crippen LogP contribution in [0.3, 0.4) is 0 Å². The van der Waals surface area contributed by atoms with Crippen LogP contribution in [0.2, 0.25) is 5.02 Å². The normalized spacial score (nSPS) is 11.4. The van der Waals surface area contributed by atoms with Crippen LogP contribution in [0.15, 0.2) is 29.6 Å². The zero-order chi connectivity index (χ0) is 18.4. The van der Waals surface area contributed by atoms with Crippen molar-refractivity contribution in [3.05, 3.63) is 40.4 Å². The Morgan fingerprint density at radius 2 is 2.24 bits per heavy atom. The highest BCUT2D eigenvalue weighted by Gasteiger charge is 2.23. The number of carbonyl (C=O) groups is 2. The van der Waals surface area contributed by atoms with Crippen molar-refractivity contribution < 1.29 is 14.3 Å². The summed E-state index contributed by atoms with van der Waals surface area (Å²) in [6, 6.07) is 9.12. The summed E-state index contributed by atoms with van der Waals surface area (Å²) in [4.78, 5) is 29.9. The lowest BCUT2D eigenvalue weighted by atomic mass is 10.2. The number of esters is 1. The molecule has 1 heterocycles. The molecule has 2 rings (SSSR count). The number of nitrogens with zero attached hydrogens (tertiary/aromatic N) is 3. The third-order valence-electron chi connectivity index (χ3n) is 3.35. The molecule has 0 N–H and O–H groups in total. The van der Waals surface area contributed by atoms with Crippen LogP contribution in [0.1, 0.15) is 23.8 Å². The van der Waals surface area contributed by atoms with Crippen molar-refractivity contribution in [1.82, 2.24) is 9.88 Å². The number of rotatable bonds is 6. The van der Waals surface area contributed by atoms with E-state index in [1.54, 1.807) is 30.6 Å². The molecule has 25 heavy (non-hydrogen) atoms. The summed E-state index contributed by atoms with van der Waals surface area (Å²) >= 11 is 7.25. The van der Waals surface area contributed by atoms with Crippen LogP contribution in [0.4, 0.5) is 0 Å². The smallest absolute Gasteiger partial charge is 0.358 e. The number of halogens is 1. The largest absolute Gasteiger partial charge is 0.448 e.